The summed E-state index contributed by atoms with van der Waals surface area (Å²) >= 11 is 11.6. The number of nitrogens with zero attached hydrogens (tertiary/aromatic N) is 1. The van der Waals surface area contributed by atoms with Crippen LogP contribution in [0, 0.1) is 0 Å². The Balaban J connectivity index is 1.67. The number of hydrogen-bond acceptors (Lipinski definition) is 3. The van der Waals surface area contributed by atoms with Gasteiger partial charge in [-0.1, -0.05) is 23.2 Å². The average molecular weight is 350 g/mol. The van der Waals surface area contributed by atoms with Crippen molar-refractivity contribution in [2.75, 3.05) is 5.32 Å². The van der Waals surface area contributed by atoms with Crippen LogP contribution in [0.2, 0.25) is 10.3 Å². The lowest BCUT2D eigenvalue weighted by Gasteiger charge is -2.08. The van der Waals surface area contributed by atoms with Crippen LogP contribution in [-0.2, 0) is 0 Å². The Kier molecular flexibility index (Phi) is 4.50. The van der Waals surface area contributed by atoms with E-state index in [0.717, 1.165) is 12.8 Å². The van der Waals surface area contributed by atoms with E-state index in [4.69, 9.17) is 23.2 Å². The molecule has 0 aliphatic heterocycles. The molecule has 2 aromatic rings. The van der Waals surface area contributed by atoms with Crippen molar-refractivity contribution in [1.29, 1.82) is 0 Å². The minimum absolute atomic E-state index is 0.0374. The number of pyridine rings is 1. The number of carbonyl (C=O) groups is 2. The first-order chi connectivity index (χ1) is 11.0. The third-order valence-corrected chi connectivity index (χ3v) is 3.88. The first-order valence-electron chi connectivity index (χ1n) is 7.07. The molecule has 3 rings (SSSR count). The number of nitrogens with one attached hydrogen (secondary N) is 2. The summed E-state index contributed by atoms with van der Waals surface area (Å²) in [4.78, 5) is 27.9. The van der Waals surface area contributed by atoms with Gasteiger partial charge in [0, 0.05) is 17.3 Å². The zero-order chi connectivity index (χ0) is 16.4. The molecule has 1 aromatic carbocycles. The molecule has 118 valence electrons. The highest BCUT2D eigenvalue weighted by molar-refractivity contribution is 6.35. The quantitative estimate of drug-likeness (QED) is 0.829. The molecule has 7 heteroatoms. The second kappa shape index (κ2) is 6.56. The van der Waals surface area contributed by atoms with Gasteiger partial charge in [0.05, 0.1) is 5.56 Å². The van der Waals surface area contributed by atoms with Gasteiger partial charge in [-0.15, -0.1) is 0 Å². The molecular formula is C16H13Cl2N3O2. The smallest absolute Gasteiger partial charge is 0.258 e. The lowest BCUT2D eigenvalue weighted by Crippen LogP contribution is -2.25. The van der Waals surface area contributed by atoms with E-state index in [0.29, 0.717) is 17.3 Å². The summed E-state index contributed by atoms with van der Waals surface area (Å²) in [6.07, 6.45) is 2.07. The van der Waals surface area contributed by atoms with E-state index in [-0.39, 0.29) is 21.8 Å². The number of aromatic nitrogens is 1. The van der Waals surface area contributed by atoms with Crippen LogP contribution in [0.3, 0.4) is 0 Å². The number of carbonyl (C=O) groups excluding carboxylic acids is 2. The molecule has 0 bridgehead atoms. The number of amides is 2. The lowest BCUT2D eigenvalue weighted by molar-refractivity contribution is 0.0950. The van der Waals surface area contributed by atoms with Gasteiger partial charge in [-0.2, -0.15) is 0 Å². The monoisotopic (exact) mass is 349 g/mol. The van der Waals surface area contributed by atoms with Crippen molar-refractivity contribution in [3.63, 3.8) is 0 Å². The first-order valence-corrected chi connectivity index (χ1v) is 7.83. The maximum Gasteiger partial charge on any atom is 0.258 e. The van der Waals surface area contributed by atoms with E-state index >= 15 is 0 Å². The van der Waals surface area contributed by atoms with E-state index in [1.54, 1.807) is 24.3 Å². The molecule has 23 heavy (non-hydrogen) atoms. The van der Waals surface area contributed by atoms with Crippen LogP contribution in [0.15, 0.2) is 36.4 Å². The van der Waals surface area contributed by atoms with Crippen LogP contribution in [0.1, 0.15) is 33.6 Å². The van der Waals surface area contributed by atoms with E-state index in [1.807, 2.05) is 0 Å². The first kappa shape index (κ1) is 15.8. The Morgan fingerprint density at radius 1 is 1.00 bits per heavy atom. The Bertz CT molecular complexity index is 758. The van der Waals surface area contributed by atoms with Crippen molar-refractivity contribution >= 4 is 40.7 Å². The SMILES string of the molecule is O=C(NC1CC1)c1ccc(NC(=O)c2ccc(Cl)nc2Cl)cc1. The summed E-state index contributed by atoms with van der Waals surface area (Å²) in [5.74, 6) is -0.496. The fourth-order valence-corrected chi connectivity index (χ4v) is 2.41. The molecule has 1 saturated carbocycles. The van der Waals surface area contributed by atoms with Crippen molar-refractivity contribution < 1.29 is 9.59 Å². The molecule has 0 unspecified atom stereocenters. The fraction of sp³-hybridized carbons (Fsp3) is 0.188. The highest BCUT2D eigenvalue weighted by Crippen LogP contribution is 2.20. The Morgan fingerprint density at radius 3 is 2.30 bits per heavy atom. The summed E-state index contributed by atoms with van der Waals surface area (Å²) in [6.45, 7) is 0. The summed E-state index contributed by atoms with van der Waals surface area (Å²) in [5, 5.41) is 5.86. The molecule has 1 aliphatic carbocycles. The van der Waals surface area contributed by atoms with Crippen molar-refractivity contribution in [2.24, 2.45) is 0 Å². The Morgan fingerprint density at radius 2 is 1.70 bits per heavy atom. The van der Waals surface area contributed by atoms with Crippen LogP contribution in [0.4, 0.5) is 5.69 Å². The van der Waals surface area contributed by atoms with Gasteiger partial charge in [-0.05, 0) is 49.2 Å². The van der Waals surface area contributed by atoms with E-state index < -0.39 is 5.91 Å². The zero-order valence-corrected chi connectivity index (χ0v) is 13.5. The van der Waals surface area contributed by atoms with Gasteiger partial charge in [0.1, 0.15) is 10.3 Å². The third kappa shape index (κ3) is 4.00. The Labute approximate surface area is 143 Å². The molecule has 1 heterocycles. The maximum atomic E-state index is 12.2. The minimum atomic E-state index is -0.394. The average Bonchev–Trinajstić information content (AvgIpc) is 3.31. The number of anilines is 1. The third-order valence-electron chi connectivity index (χ3n) is 3.38. The van der Waals surface area contributed by atoms with Gasteiger partial charge >= 0.3 is 0 Å². The van der Waals surface area contributed by atoms with Gasteiger partial charge in [-0.25, -0.2) is 4.98 Å². The zero-order valence-electron chi connectivity index (χ0n) is 12.0. The number of rotatable bonds is 4. The fourth-order valence-electron chi connectivity index (χ4n) is 1.98. The Hall–Kier alpha value is -2.11. The molecule has 2 amide bonds. The molecule has 5 nitrogen and oxygen atoms in total. The van der Waals surface area contributed by atoms with Gasteiger partial charge in [0.15, 0.2) is 0 Å². The van der Waals surface area contributed by atoms with Crippen LogP contribution >= 0.6 is 23.2 Å². The second-order valence-electron chi connectivity index (χ2n) is 5.25. The minimum Gasteiger partial charge on any atom is -0.349 e. The maximum absolute atomic E-state index is 12.2. The molecule has 0 saturated heterocycles. The molecule has 0 radical (unpaired) electrons. The summed E-state index contributed by atoms with van der Waals surface area (Å²) in [6, 6.07) is 9.96. The van der Waals surface area contributed by atoms with Gasteiger partial charge in [0.2, 0.25) is 0 Å². The van der Waals surface area contributed by atoms with Crippen LogP contribution in [0.25, 0.3) is 0 Å². The molecule has 1 fully saturated rings. The number of hydrogen-bond donors (Lipinski definition) is 2. The van der Waals surface area contributed by atoms with E-state index in [2.05, 4.69) is 15.6 Å². The van der Waals surface area contributed by atoms with Gasteiger partial charge < -0.3 is 10.6 Å². The molecule has 0 spiro atoms. The van der Waals surface area contributed by atoms with Crippen LogP contribution < -0.4 is 10.6 Å². The van der Waals surface area contributed by atoms with Crippen molar-refractivity contribution in [1.82, 2.24) is 10.3 Å². The summed E-state index contributed by atoms with van der Waals surface area (Å²) in [7, 11) is 0. The normalized spacial score (nSPS) is 13.5. The second-order valence-corrected chi connectivity index (χ2v) is 6.00. The molecule has 1 aliphatic rings. The predicted octanol–water partition coefficient (Wildman–Crippen LogP) is 3.53. The highest BCUT2D eigenvalue weighted by Gasteiger charge is 2.23. The van der Waals surface area contributed by atoms with Crippen molar-refractivity contribution in [3.05, 3.63) is 57.8 Å². The summed E-state index contributed by atoms with van der Waals surface area (Å²) < 4.78 is 0. The standard InChI is InChI=1S/C16H13Cl2N3O2/c17-13-8-7-12(14(18)21-13)16(23)20-10-3-1-9(2-4-10)15(22)19-11-5-6-11/h1-4,7-8,11H,5-6H2,(H,19,22)(H,20,23). The van der Waals surface area contributed by atoms with Crippen molar-refractivity contribution in [3.8, 4) is 0 Å². The highest BCUT2D eigenvalue weighted by atomic mass is 35.5. The van der Waals surface area contributed by atoms with E-state index in [1.165, 1.54) is 12.1 Å². The largest absolute Gasteiger partial charge is 0.349 e. The molecule has 1 aromatic heterocycles. The number of halogens is 2. The topological polar surface area (TPSA) is 71.1 Å². The molecule has 0 atom stereocenters. The molecular weight excluding hydrogens is 337 g/mol. The van der Waals surface area contributed by atoms with Gasteiger partial charge in [-0.3, -0.25) is 9.59 Å². The predicted molar refractivity (Wildman–Crippen MR) is 89.1 cm³/mol. The van der Waals surface area contributed by atoms with Crippen LogP contribution in [0.5, 0.6) is 0 Å². The van der Waals surface area contributed by atoms with Gasteiger partial charge in [0.25, 0.3) is 11.8 Å². The van der Waals surface area contributed by atoms with E-state index in [9.17, 15) is 9.59 Å². The summed E-state index contributed by atoms with van der Waals surface area (Å²) in [5.41, 5.74) is 1.34. The van der Waals surface area contributed by atoms with Crippen LogP contribution in [-0.4, -0.2) is 22.8 Å². The molecule has 2 N–H and O–H groups in total. The number of benzene rings is 1. The lowest BCUT2D eigenvalue weighted by atomic mass is 10.2. The van der Waals surface area contributed by atoms with Crippen molar-refractivity contribution in [2.45, 2.75) is 18.9 Å².